The van der Waals surface area contributed by atoms with Crippen molar-refractivity contribution in [3.63, 3.8) is 0 Å². The van der Waals surface area contributed by atoms with Gasteiger partial charge >= 0.3 is 0 Å². The largest absolute Gasteiger partial charge is 0.354 e. The molecule has 0 unspecified atom stereocenters. The molecule has 2 aliphatic heterocycles. The van der Waals surface area contributed by atoms with Crippen molar-refractivity contribution in [1.82, 2.24) is 15.8 Å². The fourth-order valence-electron chi connectivity index (χ4n) is 4.03. The molecule has 0 spiro atoms. The van der Waals surface area contributed by atoms with Crippen molar-refractivity contribution in [2.45, 2.75) is 25.5 Å². The molecule has 2 aliphatic rings. The van der Waals surface area contributed by atoms with Gasteiger partial charge in [-0.15, -0.1) is 0 Å². The first-order valence-electron chi connectivity index (χ1n) is 8.81. The number of hydroxylamine groups is 1. The second kappa shape index (κ2) is 5.93. The number of aromatic nitrogens is 1. The number of carbonyl (C=O) groups excluding carboxylic acids is 1. The molecule has 6 heteroatoms. The van der Waals surface area contributed by atoms with Crippen LogP contribution in [-0.4, -0.2) is 17.4 Å². The highest BCUT2D eigenvalue weighted by atomic mass is 19.1. The Morgan fingerprint density at radius 1 is 1.15 bits per heavy atom. The number of halogens is 1. The topological polar surface area (TPSA) is 66.2 Å². The molecule has 0 bridgehead atoms. The van der Waals surface area contributed by atoms with Crippen LogP contribution in [0.15, 0.2) is 36.4 Å². The number of amides is 1. The zero-order chi connectivity index (χ0) is 17.7. The van der Waals surface area contributed by atoms with E-state index in [9.17, 15) is 9.18 Å². The molecule has 26 heavy (non-hydrogen) atoms. The van der Waals surface area contributed by atoms with E-state index in [1.165, 1.54) is 0 Å². The summed E-state index contributed by atoms with van der Waals surface area (Å²) in [5.41, 5.74) is 6.66. The van der Waals surface area contributed by atoms with Crippen molar-refractivity contribution < 1.29 is 14.0 Å². The van der Waals surface area contributed by atoms with Gasteiger partial charge in [-0.2, -0.15) is 0 Å². The maximum atomic E-state index is 15.0. The standard InChI is InChI=1S/C20H18FN3O2/c21-15-9-11(16-5-2-8-22-16)6-7-12(15)19-14-10-26-24-20(25)13-3-1-4-17(23-19)18(13)14/h1,3-4,6-7,9,16,22-23H,2,5,8,10H2,(H,24,25)/t16-/m1/s1. The minimum atomic E-state index is -0.289. The van der Waals surface area contributed by atoms with E-state index in [2.05, 4.69) is 15.8 Å². The normalized spacial score (nSPS) is 19.6. The molecule has 1 fully saturated rings. The van der Waals surface area contributed by atoms with Crippen LogP contribution in [0.2, 0.25) is 0 Å². The fraction of sp³-hybridized carbons (Fsp3) is 0.250. The van der Waals surface area contributed by atoms with Crippen molar-refractivity contribution in [2.24, 2.45) is 0 Å². The minimum absolute atomic E-state index is 0.184. The Hall–Kier alpha value is -2.70. The SMILES string of the molecule is O=C1NOCc2c(-c3ccc([C@H]4CCCN4)cc3F)[nH]c3cccc1c23. The van der Waals surface area contributed by atoms with Gasteiger partial charge in [-0.1, -0.05) is 12.1 Å². The molecule has 0 saturated carbocycles. The molecule has 3 heterocycles. The average Bonchev–Trinajstić information content (AvgIpc) is 3.26. The predicted molar refractivity (Wildman–Crippen MR) is 95.9 cm³/mol. The third-order valence-electron chi connectivity index (χ3n) is 5.28. The summed E-state index contributed by atoms with van der Waals surface area (Å²) in [6.45, 7) is 1.16. The molecule has 0 aliphatic carbocycles. The zero-order valence-electron chi connectivity index (χ0n) is 14.1. The molecule has 5 rings (SSSR count). The van der Waals surface area contributed by atoms with E-state index in [-0.39, 0.29) is 24.4 Å². The highest BCUT2D eigenvalue weighted by Gasteiger charge is 2.25. The van der Waals surface area contributed by atoms with Crippen LogP contribution in [-0.2, 0) is 11.4 Å². The van der Waals surface area contributed by atoms with Gasteiger partial charge in [0.25, 0.3) is 5.91 Å². The summed E-state index contributed by atoms with van der Waals surface area (Å²) in [7, 11) is 0. The van der Waals surface area contributed by atoms with Gasteiger partial charge in [-0.3, -0.25) is 9.63 Å². The number of rotatable bonds is 2. The summed E-state index contributed by atoms with van der Waals surface area (Å²) in [5, 5.41) is 4.18. The van der Waals surface area contributed by atoms with Crippen molar-refractivity contribution in [3.8, 4) is 11.3 Å². The highest BCUT2D eigenvalue weighted by Crippen LogP contribution is 2.36. The molecule has 0 radical (unpaired) electrons. The Balaban J connectivity index is 1.66. The molecule has 1 amide bonds. The van der Waals surface area contributed by atoms with Crippen LogP contribution in [0.4, 0.5) is 4.39 Å². The van der Waals surface area contributed by atoms with E-state index in [1.54, 1.807) is 18.2 Å². The zero-order valence-corrected chi connectivity index (χ0v) is 14.1. The van der Waals surface area contributed by atoms with Gasteiger partial charge in [0.1, 0.15) is 12.4 Å². The quantitative estimate of drug-likeness (QED) is 0.661. The molecule has 3 aromatic rings. The van der Waals surface area contributed by atoms with Crippen molar-refractivity contribution >= 4 is 16.8 Å². The molecule has 2 aromatic carbocycles. The van der Waals surface area contributed by atoms with E-state index in [0.29, 0.717) is 16.8 Å². The molecule has 3 N–H and O–H groups in total. The first-order chi connectivity index (χ1) is 12.7. The molecule has 1 atom stereocenters. The summed E-state index contributed by atoms with van der Waals surface area (Å²) in [6.07, 6.45) is 2.14. The van der Waals surface area contributed by atoms with Gasteiger partial charge in [0.15, 0.2) is 0 Å². The van der Waals surface area contributed by atoms with Gasteiger partial charge in [0.2, 0.25) is 0 Å². The Bertz CT molecular complexity index is 1020. The van der Waals surface area contributed by atoms with Crippen LogP contribution in [0.25, 0.3) is 22.2 Å². The molecule has 5 nitrogen and oxygen atoms in total. The number of benzene rings is 2. The van der Waals surface area contributed by atoms with E-state index < -0.39 is 0 Å². The molecule has 132 valence electrons. The third kappa shape index (κ3) is 2.34. The second-order valence-corrected chi connectivity index (χ2v) is 6.81. The maximum absolute atomic E-state index is 15.0. The van der Waals surface area contributed by atoms with Gasteiger partial charge in [0.05, 0.1) is 11.3 Å². The minimum Gasteiger partial charge on any atom is -0.354 e. The lowest BCUT2D eigenvalue weighted by molar-refractivity contribution is 0.0256. The number of nitrogens with one attached hydrogen (secondary N) is 3. The number of H-pyrrole nitrogens is 1. The summed E-state index contributed by atoms with van der Waals surface area (Å²) < 4.78 is 15.0. The lowest BCUT2D eigenvalue weighted by Gasteiger charge is -2.12. The second-order valence-electron chi connectivity index (χ2n) is 6.81. The summed E-state index contributed by atoms with van der Waals surface area (Å²) >= 11 is 0. The van der Waals surface area contributed by atoms with Crippen LogP contribution in [0.5, 0.6) is 0 Å². The number of hydrogen-bond acceptors (Lipinski definition) is 3. The monoisotopic (exact) mass is 351 g/mol. The van der Waals surface area contributed by atoms with Crippen LogP contribution in [0, 0.1) is 5.82 Å². The average molecular weight is 351 g/mol. The van der Waals surface area contributed by atoms with E-state index in [0.717, 1.165) is 41.4 Å². The van der Waals surface area contributed by atoms with Crippen LogP contribution in [0.3, 0.4) is 0 Å². The van der Waals surface area contributed by atoms with E-state index in [4.69, 9.17) is 4.84 Å². The number of carbonyl (C=O) groups is 1. The van der Waals surface area contributed by atoms with Crippen molar-refractivity contribution in [1.29, 1.82) is 0 Å². The van der Waals surface area contributed by atoms with Gasteiger partial charge < -0.3 is 10.3 Å². The lowest BCUT2D eigenvalue weighted by Crippen LogP contribution is -2.21. The molecular weight excluding hydrogens is 333 g/mol. The van der Waals surface area contributed by atoms with Gasteiger partial charge in [0, 0.05) is 28.1 Å². The van der Waals surface area contributed by atoms with Gasteiger partial charge in [-0.25, -0.2) is 9.87 Å². The van der Waals surface area contributed by atoms with Crippen LogP contribution >= 0.6 is 0 Å². The summed E-state index contributed by atoms with van der Waals surface area (Å²) in [4.78, 5) is 20.7. The van der Waals surface area contributed by atoms with E-state index >= 15 is 0 Å². The summed E-state index contributed by atoms with van der Waals surface area (Å²) in [6, 6.07) is 11.1. The molecule has 1 aromatic heterocycles. The Morgan fingerprint density at radius 2 is 2.08 bits per heavy atom. The lowest BCUT2D eigenvalue weighted by atomic mass is 9.99. The van der Waals surface area contributed by atoms with Crippen LogP contribution in [0.1, 0.15) is 40.4 Å². The Morgan fingerprint density at radius 3 is 2.88 bits per heavy atom. The fourth-order valence-corrected chi connectivity index (χ4v) is 4.03. The summed E-state index contributed by atoms with van der Waals surface area (Å²) in [5.74, 6) is -0.563. The third-order valence-corrected chi connectivity index (χ3v) is 5.28. The first-order valence-corrected chi connectivity index (χ1v) is 8.81. The smallest absolute Gasteiger partial charge is 0.275 e. The molecule has 1 saturated heterocycles. The van der Waals surface area contributed by atoms with Crippen LogP contribution < -0.4 is 10.8 Å². The Kier molecular flexibility index (Phi) is 3.55. The Labute approximate surface area is 149 Å². The number of aromatic amines is 1. The first kappa shape index (κ1) is 15.5. The van der Waals surface area contributed by atoms with E-state index in [1.807, 2.05) is 18.2 Å². The van der Waals surface area contributed by atoms with Crippen molar-refractivity contribution in [3.05, 3.63) is 58.9 Å². The number of hydrogen-bond donors (Lipinski definition) is 3. The van der Waals surface area contributed by atoms with Crippen molar-refractivity contribution in [2.75, 3.05) is 6.54 Å². The highest BCUT2D eigenvalue weighted by molar-refractivity contribution is 6.09. The maximum Gasteiger partial charge on any atom is 0.275 e. The predicted octanol–water partition coefficient (Wildman–Crippen LogP) is 3.57. The van der Waals surface area contributed by atoms with Gasteiger partial charge in [-0.05, 0) is 49.2 Å². The molecular formula is C20H18FN3O2.